The quantitative estimate of drug-likeness (QED) is 0.580. The lowest BCUT2D eigenvalue weighted by Crippen LogP contribution is -2.37. The highest BCUT2D eigenvalue weighted by molar-refractivity contribution is 5.95. The van der Waals surface area contributed by atoms with Gasteiger partial charge < -0.3 is 9.64 Å². The standard InChI is InChI=1S/C28H33N3O2/c32-28(27-10-4-2-8-24(27)21-30-14-16-33-17-15-30)31-12-5-6-22(11-13-31)18-25-20-29-19-23-7-1-3-9-26(23)25/h1-4,7-10,19-20,22H,5-6,11-18,21H2. The van der Waals surface area contributed by atoms with Crippen LogP contribution in [0.25, 0.3) is 10.8 Å². The molecule has 5 heteroatoms. The number of rotatable bonds is 5. The Morgan fingerprint density at radius 2 is 1.73 bits per heavy atom. The van der Waals surface area contributed by atoms with Crippen LogP contribution in [0.2, 0.25) is 0 Å². The average Bonchev–Trinajstić information content (AvgIpc) is 3.10. The molecule has 2 aliphatic heterocycles. The van der Waals surface area contributed by atoms with E-state index in [2.05, 4.69) is 45.1 Å². The number of fused-ring (bicyclic) bond motifs is 1. The molecule has 5 nitrogen and oxygen atoms in total. The van der Waals surface area contributed by atoms with Gasteiger partial charge in [-0.2, -0.15) is 0 Å². The van der Waals surface area contributed by atoms with Crippen LogP contribution in [0.3, 0.4) is 0 Å². The predicted molar refractivity (Wildman–Crippen MR) is 131 cm³/mol. The normalized spacial score (nSPS) is 20.0. The molecule has 33 heavy (non-hydrogen) atoms. The molecule has 172 valence electrons. The maximum Gasteiger partial charge on any atom is 0.254 e. The summed E-state index contributed by atoms with van der Waals surface area (Å²) in [7, 11) is 0. The summed E-state index contributed by atoms with van der Waals surface area (Å²) in [6.07, 6.45) is 8.26. The number of hydrogen-bond acceptors (Lipinski definition) is 4. The van der Waals surface area contributed by atoms with Gasteiger partial charge in [-0.3, -0.25) is 14.7 Å². The lowest BCUT2D eigenvalue weighted by molar-refractivity contribution is 0.0340. The van der Waals surface area contributed by atoms with Gasteiger partial charge in [0, 0.05) is 56.1 Å². The van der Waals surface area contributed by atoms with Gasteiger partial charge in [-0.05, 0) is 54.2 Å². The summed E-state index contributed by atoms with van der Waals surface area (Å²) in [4.78, 5) is 22.5. The van der Waals surface area contributed by atoms with Crippen molar-refractivity contribution in [3.63, 3.8) is 0 Å². The van der Waals surface area contributed by atoms with Crippen LogP contribution in [0.1, 0.15) is 40.7 Å². The molecule has 2 saturated heterocycles. The first-order chi connectivity index (χ1) is 16.3. The van der Waals surface area contributed by atoms with Crippen molar-refractivity contribution in [1.82, 2.24) is 14.8 Å². The highest BCUT2D eigenvalue weighted by atomic mass is 16.5. The van der Waals surface area contributed by atoms with Gasteiger partial charge in [0.1, 0.15) is 0 Å². The third-order valence-corrected chi connectivity index (χ3v) is 7.14. The fraction of sp³-hybridized carbons (Fsp3) is 0.429. The van der Waals surface area contributed by atoms with Gasteiger partial charge in [-0.15, -0.1) is 0 Å². The second kappa shape index (κ2) is 10.4. The number of morpholine rings is 1. The van der Waals surface area contributed by atoms with Crippen molar-refractivity contribution in [3.8, 4) is 0 Å². The average molecular weight is 444 g/mol. The van der Waals surface area contributed by atoms with E-state index in [0.29, 0.717) is 5.92 Å². The number of ether oxygens (including phenoxy) is 1. The summed E-state index contributed by atoms with van der Waals surface area (Å²) in [6, 6.07) is 16.7. The number of amides is 1. The van der Waals surface area contributed by atoms with Crippen molar-refractivity contribution < 1.29 is 9.53 Å². The lowest BCUT2D eigenvalue weighted by atomic mass is 9.91. The first-order valence-electron chi connectivity index (χ1n) is 12.3. The van der Waals surface area contributed by atoms with E-state index in [1.807, 2.05) is 30.6 Å². The predicted octanol–water partition coefficient (Wildman–Crippen LogP) is 4.55. The molecule has 0 N–H and O–H groups in total. The van der Waals surface area contributed by atoms with Crippen LogP contribution in [0, 0.1) is 5.92 Å². The zero-order valence-electron chi connectivity index (χ0n) is 19.3. The van der Waals surface area contributed by atoms with Crippen LogP contribution >= 0.6 is 0 Å². The number of carbonyl (C=O) groups excluding carboxylic acids is 1. The van der Waals surface area contributed by atoms with Gasteiger partial charge in [0.15, 0.2) is 0 Å². The molecule has 0 bridgehead atoms. The van der Waals surface area contributed by atoms with E-state index in [0.717, 1.165) is 82.7 Å². The van der Waals surface area contributed by atoms with Crippen molar-refractivity contribution in [2.45, 2.75) is 32.2 Å². The van der Waals surface area contributed by atoms with Crippen LogP contribution in [-0.2, 0) is 17.7 Å². The Balaban J connectivity index is 1.25. The molecule has 2 fully saturated rings. The van der Waals surface area contributed by atoms with Crippen molar-refractivity contribution in [3.05, 3.63) is 77.6 Å². The summed E-state index contributed by atoms with van der Waals surface area (Å²) in [6.45, 7) is 5.89. The zero-order chi connectivity index (χ0) is 22.5. The molecule has 0 saturated carbocycles. The van der Waals surface area contributed by atoms with Crippen LogP contribution in [0.15, 0.2) is 60.9 Å². The van der Waals surface area contributed by atoms with Crippen molar-refractivity contribution >= 4 is 16.7 Å². The molecule has 0 spiro atoms. The topological polar surface area (TPSA) is 45.7 Å². The Morgan fingerprint density at radius 1 is 0.909 bits per heavy atom. The largest absolute Gasteiger partial charge is 0.379 e. The van der Waals surface area contributed by atoms with E-state index in [1.165, 1.54) is 16.3 Å². The van der Waals surface area contributed by atoms with Crippen LogP contribution in [-0.4, -0.2) is 60.1 Å². The van der Waals surface area contributed by atoms with Crippen molar-refractivity contribution in [1.29, 1.82) is 0 Å². The number of pyridine rings is 1. The minimum atomic E-state index is 0.186. The minimum absolute atomic E-state index is 0.186. The van der Waals surface area contributed by atoms with Gasteiger partial charge in [-0.1, -0.05) is 42.5 Å². The van der Waals surface area contributed by atoms with Gasteiger partial charge in [0.2, 0.25) is 0 Å². The van der Waals surface area contributed by atoms with E-state index >= 15 is 0 Å². The Bertz CT molecular complexity index is 1090. The molecule has 2 aromatic carbocycles. The molecule has 1 unspecified atom stereocenters. The van der Waals surface area contributed by atoms with E-state index < -0.39 is 0 Å². The van der Waals surface area contributed by atoms with Gasteiger partial charge in [-0.25, -0.2) is 0 Å². The first-order valence-corrected chi connectivity index (χ1v) is 12.3. The molecule has 1 atom stereocenters. The molecular weight excluding hydrogens is 410 g/mol. The zero-order valence-corrected chi connectivity index (χ0v) is 19.3. The number of benzene rings is 2. The van der Waals surface area contributed by atoms with Gasteiger partial charge >= 0.3 is 0 Å². The van der Waals surface area contributed by atoms with E-state index in [9.17, 15) is 4.79 Å². The molecule has 3 aromatic rings. The summed E-state index contributed by atoms with van der Waals surface area (Å²) in [5.74, 6) is 0.769. The summed E-state index contributed by atoms with van der Waals surface area (Å²) in [5.41, 5.74) is 3.32. The fourth-order valence-corrected chi connectivity index (χ4v) is 5.26. The number of carbonyl (C=O) groups is 1. The van der Waals surface area contributed by atoms with Gasteiger partial charge in [0.25, 0.3) is 5.91 Å². The van der Waals surface area contributed by atoms with Crippen LogP contribution in [0.4, 0.5) is 0 Å². The minimum Gasteiger partial charge on any atom is -0.379 e. The highest BCUT2D eigenvalue weighted by Gasteiger charge is 2.24. The third kappa shape index (κ3) is 5.26. The fourth-order valence-electron chi connectivity index (χ4n) is 5.26. The smallest absolute Gasteiger partial charge is 0.254 e. The maximum absolute atomic E-state index is 13.5. The molecule has 0 aliphatic carbocycles. The summed E-state index contributed by atoms with van der Waals surface area (Å²) >= 11 is 0. The van der Waals surface area contributed by atoms with Gasteiger partial charge in [0.05, 0.1) is 13.2 Å². The van der Waals surface area contributed by atoms with Crippen molar-refractivity contribution in [2.75, 3.05) is 39.4 Å². The number of likely N-dealkylation sites (tertiary alicyclic amines) is 1. The SMILES string of the molecule is O=C(c1ccccc1CN1CCOCC1)N1CCCC(Cc2cncc3ccccc23)CC1. The second-order valence-corrected chi connectivity index (χ2v) is 9.36. The molecular formula is C28H33N3O2. The monoisotopic (exact) mass is 443 g/mol. The third-order valence-electron chi connectivity index (χ3n) is 7.14. The summed E-state index contributed by atoms with van der Waals surface area (Å²) in [5, 5.41) is 2.51. The van der Waals surface area contributed by atoms with E-state index in [-0.39, 0.29) is 5.91 Å². The molecule has 0 radical (unpaired) electrons. The number of hydrogen-bond donors (Lipinski definition) is 0. The lowest BCUT2D eigenvalue weighted by Gasteiger charge is -2.28. The van der Waals surface area contributed by atoms with Crippen LogP contribution in [0.5, 0.6) is 0 Å². The van der Waals surface area contributed by atoms with E-state index in [4.69, 9.17) is 4.74 Å². The Kier molecular flexibility index (Phi) is 6.98. The molecule has 5 rings (SSSR count). The number of nitrogens with zero attached hydrogens (tertiary/aromatic N) is 3. The molecule has 2 aliphatic rings. The van der Waals surface area contributed by atoms with E-state index in [1.54, 1.807) is 0 Å². The first kappa shape index (κ1) is 22.1. The van der Waals surface area contributed by atoms with Crippen LogP contribution < -0.4 is 0 Å². The molecule has 3 heterocycles. The Labute approximate surface area is 196 Å². The van der Waals surface area contributed by atoms with Crippen molar-refractivity contribution in [2.24, 2.45) is 5.92 Å². The molecule has 1 aromatic heterocycles. The maximum atomic E-state index is 13.5. The Hall–Kier alpha value is -2.76. The second-order valence-electron chi connectivity index (χ2n) is 9.36. The highest BCUT2D eigenvalue weighted by Crippen LogP contribution is 2.27. The number of aromatic nitrogens is 1. The Morgan fingerprint density at radius 3 is 2.64 bits per heavy atom. The summed E-state index contributed by atoms with van der Waals surface area (Å²) < 4.78 is 5.48. The molecule has 1 amide bonds.